The van der Waals surface area contributed by atoms with Crippen molar-refractivity contribution in [3.63, 3.8) is 0 Å². The zero-order chi connectivity index (χ0) is 9.35. The summed E-state index contributed by atoms with van der Waals surface area (Å²) in [4.78, 5) is -0.668. The Morgan fingerprint density at radius 1 is 1.50 bits per heavy atom. The van der Waals surface area contributed by atoms with Crippen LogP contribution in [0.5, 0.6) is 0 Å². The van der Waals surface area contributed by atoms with Gasteiger partial charge in [-0.25, -0.2) is 0 Å². The summed E-state index contributed by atoms with van der Waals surface area (Å²) in [6, 6.07) is 0.968. The molecule has 0 saturated carbocycles. The third-order valence-electron chi connectivity index (χ3n) is 1.38. The number of aliphatic hydroxyl groups excluding tert-OH is 1. The Morgan fingerprint density at radius 2 is 2.08 bits per heavy atom. The van der Waals surface area contributed by atoms with Gasteiger partial charge in [-0.1, -0.05) is 0 Å². The highest BCUT2D eigenvalue weighted by Crippen LogP contribution is 2.35. The molecule has 1 aromatic heterocycles. The summed E-state index contributed by atoms with van der Waals surface area (Å²) >= 11 is 0.600. The van der Waals surface area contributed by atoms with Crippen molar-refractivity contribution in [3.05, 3.63) is 21.9 Å². The van der Waals surface area contributed by atoms with E-state index in [1.165, 1.54) is 12.3 Å². The molecule has 0 bridgehead atoms. The van der Waals surface area contributed by atoms with Crippen molar-refractivity contribution >= 4 is 11.3 Å². The molecule has 0 unspecified atom stereocenters. The van der Waals surface area contributed by atoms with Gasteiger partial charge in [0.25, 0.3) is 0 Å². The second kappa shape index (κ2) is 3.06. The van der Waals surface area contributed by atoms with E-state index in [1.807, 2.05) is 0 Å². The first kappa shape index (κ1) is 9.54. The number of thiophene rings is 1. The van der Waals surface area contributed by atoms with Crippen LogP contribution in [-0.4, -0.2) is 5.11 Å². The van der Waals surface area contributed by atoms with Crippen LogP contribution in [0.1, 0.15) is 23.5 Å². The topological polar surface area (TPSA) is 20.2 Å². The maximum absolute atomic E-state index is 12.0. The van der Waals surface area contributed by atoms with Crippen LogP contribution in [0.25, 0.3) is 0 Å². The summed E-state index contributed by atoms with van der Waals surface area (Å²) < 4.78 is 36.0. The molecule has 1 atom stereocenters. The first-order chi connectivity index (χ1) is 5.41. The number of alkyl halides is 3. The van der Waals surface area contributed by atoms with Crippen molar-refractivity contribution in [2.75, 3.05) is 0 Å². The maximum atomic E-state index is 12.0. The molecule has 0 radical (unpaired) electrons. The Labute approximate surface area is 71.5 Å². The van der Waals surface area contributed by atoms with E-state index < -0.39 is 17.2 Å². The normalized spacial score (nSPS) is 14.8. The number of hydrogen-bond acceptors (Lipinski definition) is 2. The van der Waals surface area contributed by atoms with Crippen LogP contribution < -0.4 is 0 Å². The smallest absolute Gasteiger partial charge is 0.389 e. The van der Waals surface area contributed by atoms with Crippen molar-refractivity contribution in [1.29, 1.82) is 0 Å². The van der Waals surface area contributed by atoms with Crippen molar-refractivity contribution < 1.29 is 18.3 Å². The maximum Gasteiger partial charge on any atom is 0.425 e. The summed E-state index contributed by atoms with van der Waals surface area (Å²) in [6.07, 6.45) is -5.13. The molecular formula is C7H7F3OS. The van der Waals surface area contributed by atoms with Gasteiger partial charge in [0.1, 0.15) is 4.88 Å². The lowest BCUT2D eigenvalue weighted by Gasteiger charge is -2.01. The molecule has 0 aliphatic heterocycles. The SMILES string of the molecule is C[C@H](O)c1csc(C(F)(F)F)c1. The average Bonchev–Trinajstić information content (AvgIpc) is 2.30. The molecule has 0 aliphatic carbocycles. The molecule has 0 saturated heterocycles. The zero-order valence-corrected chi connectivity index (χ0v) is 7.04. The largest absolute Gasteiger partial charge is 0.425 e. The minimum absolute atomic E-state index is 0.312. The van der Waals surface area contributed by atoms with E-state index in [9.17, 15) is 13.2 Å². The monoisotopic (exact) mass is 196 g/mol. The molecular weight excluding hydrogens is 189 g/mol. The fraction of sp³-hybridized carbons (Fsp3) is 0.429. The third kappa shape index (κ3) is 1.98. The summed E-state index contributed by atoms with van der Waals surface area (Å²) in [5.74, 6) is 0. The van der Waals surface area contributed by atoms with Gasteiger partial charge in [-0.2, -0.15) is 13.2 Å². The predicted molar refractivity (Wildman–Crippen MR) is 40.0 cm³/mol. The van der Waals surface area contributed by atoms with Crippen LogP contribution in [0.15, 0.2) is 11.4 Å². The standard InChI is InChI=1S/C7H7F3OS/c1-4(11)5-2-6(12-3-5)7(8,9)10/h2-4,11H,1H3/t4-/m0/s1. The van der Waals surface area contributed by atoms with Crippen LogP contribution in [0.2, 0.25) is 0 Å². The Balaban J connectivity index is 2.92. The summed E-state index contributed by atoms with van der Waals surface area (Å²) in [7, 11) is 0. The highest BCUT2D eigenvalue weighted by atomic mass is 32.1. The molecule has 1 nitrogen and oxygen atoms in total. The van der Waals surface area contributed by atoms with Crippen LogP contribution in [0.4, 0.5) is 13.2 Å². The van der Waals surface area contributed by atoms with E-state index in [-0.39, 0.29) is 0 Å². The van der Waals surface area contributed by atoms with E-state index in [4.69, 9.17) is 5.11 Å². The Kier molecular flexibility index (Phi) is 2.44. The summed E-state index contributed by atoms with van der Waals surface area (Å²) in [6.45, 7) is 1.43. The molecule has 1 N–H and O–H groups in total. The molecule has 0 aromatic carbocycles. The number of halogens is 3. The summed E-state index contributed by atoms with van der Waals surface area (Å²) in [5, 5.41) is 10.3. The van der Waals surface area contributed by atoms with Gasteiger partial charge in [0.15, 0.2) is 0 Å². The van der Waals surface area contributed by atoms with Gasteiger partial charge in [0.05, 0.1) is 6.10 Å². The number of hydrogen-bond donors (Lipinski definition) is 1. The minimum Gasteiger partial charge on any atom is -0.389 e. The molecule has 68 valence electrons. The Hall–Kier alpha value is -0.550. The highest BCUT2D eigenvalue weighted by Gasteiger charge is 2.32. The molecule has 1 aromatic rings. The quantitative estimate of drug-likeness (QED) is 0.732. The molecule has 5 heteroatoms. The summed E-state index contributed by atoms with van der Waals surface area (Å²) in [5.41, 5.74) is 0.312. The lowest BCUT2D eigenvalue weighted by molar-refractivity contribution is -0.134. The van der Waals surface area contributed by atoms with E-state index in [0.29, 0.717) is 16.9 Å². The molecule has 0 spiro atoms. The van der Waals surface area contributed by atoms with Gasteiger partial charge in [-0.05, 0) is 23.9 Å². The first-order valence-electron chi connectivity index (χ1n) is 3.25. The molecule has 1 heterocycles. The van der Waals surface area contributed by atoms with Crippen LogP contribution in [0, 0.1) is 0 Å². The second-order valence-corrected chi connectivity index (χ2v) is 3.33. The van der Waals surface area contributed by atoms with Crippen molar-refractivity contribution in [2.24, 2.45) is 0 Å². The van der Waals surface area contributed by atoms with Crippen LogP contribution in [0.3, 0.4) is 0 Å². The van der Waals surface area contributed by atoms with Crippen LogP contribution >= 0.6 is 11.3 Å². The first-order valence-corrected chi connectivity index (χ1v) is 4.13. The van der Waals surface area contributed by atoms with Crippen LogP contribution in [-0.2, 0) is 6.18 Å². The van der Waals surface area contributed by atoms with Crippen molar-refractivity contribution in [1.82, 2.24) is 0 Å². The van der Waals surface area contributed by atoms with Gasteiger partial charge >= 0.3 is 6.18 Å². The lowest BCUT2D eigenvalue weighted by Crippen LogP contribution is -2.01. The minimum atomic E-state index is -4.29. The van der Waals surface area contributed by atoms with Gasteiger partial charge in [-0.15, -0.1) is 11.3 Å². The molecule has 0 aliphatic rings. The van der Waals surface area contributed by atoms with Gasteiger partial charge in [0.2, 0.25) is 0 Å². The van der Waals surface area contributed by atoms with Gasteiger partial charge in [-0.3, -0.25) is 0 Å². The highest BCUT2D eigenvalue weighted by molar-refractivity contribution is 7.10. The Bertz CT molecular complexity index is 264. The predicted octanol–water partition coefficient (Wildman–Crippen LogP) is 2.82. The second-order valence-electron chi connectivity index (χ2n) is 2.42. The van der Waals surface area contributed by atoms with Gasteiger partial charge < -0.3 is 5.11 Å². The fourth-order valence-corrected chi connectivity index (χ4v) is 1.58. The molecule has 0 amide bonds. The molecule has 12 heavy (non-hydrogen) atoms. The zero-order valence-electron chi connectivity index (χ0n) is 6.22. The molecule has 0 fully saturated rings. The average molecular weight is 196 g/mol. The van der Waals surface area contributed by atoms with Crippen molar-refractivity contribution in [2.45, 2.75) is 19.2 Å². The number of rotatable bonds is 1. The fourth-order valence-electron chi connectivity index (χ4n) is 0.719. The molecule has 1 rings (SSSR count). The third-order valence-corrected chi connectivity index (χ3v) is 2.37. The van der Waals surface area contributed by atoms with Crippen molar-refractivity contribution in [3.8, 4) is 0 Å². The van der Waals surface area contributed by atoms with E-state index in [0.717, 1.165) is 6.07 Å². The number of aliphatic hydroxyl groups is 1. The van der Waals surface area contributed by atoms with E-state index in [2.05, 4.69) is 0 Å². The van der Waals surface area contributed by atoms with E-state index in [1.54, 1.807) is 0 Å². The Morgan fingerprint density at radius 3 is 2.33 bits per heavy atom. The van der Waals surface area contributed by atoms with Gasteiger partial charge in [0, 0.05) is 0 Å². The van der Waals surface area contributed by atoms with E-state index >= 15 is 0 Å². The lowest BCUT2D eigenvalue weighted by atomic mass is 10.2.